The number of hydrogen-bond donors (Lipinski definition) is 0. The summed E-state index contributed by atoms with van der Waals surface area (Å²) < 4.78 is 0. The summed E-state index contributed by atoms with van der Waals surface area (Å²) in [6, 6.07) is 27.9. The van der Waals surface area contributed by atoms with E-state index in [0.29, 0.717) is 0 Å². The molecule has 0 amide bonds. The Morgan fingerprint density at radius 3 is 1.14 bits per heavy atom. The Hall–Kier alpha value is -3.38. The van der Waals surface area contributed by atoms with Crippen LogP contribution in [0.2, 0.25) is 0 Å². The molecule has 0 saturated heterocycles. The molecule has 0 nitrogen and oxygen atoms in total. The molecule has 0 unspecified atom stereocenters. The zero-order valence-corrected chi connectivity index (χ0v) is 26.4. The molecule has 0 bridgehead atoms. The van der Waals surface area contributed by atoms with E-state index in [0.717, 1.165) is 12.8 Å². The smallest absolute Gasteiger partial charge is 0.00699 e. The summed E-state index contributed by atoms with van der Waals surface area (Å²) in [6.07, 6.45) is 14.4. The first-order chi connectivity index (χ1) is 20.7. The lowest BCUT2D eigenvalue weighted by atomic mass is 9.76. The van der Waals surface area contributed by atoms with E-state index in [-0.39, 0.29) is 0 Å². The highest BCUT2D eigenvalue weighted by molar-refractivity contribution is 6.14. The Balaban J connectivity index is 1.85. The molecule has 1 aliphatic carbocycles. The van der Waals surface area contributed by atoms with Gasteiger partial charge in [0.05, 0.1) is 0 Å². The van der Waals surface area contributed by atoms with Crippen LogP contribution in [0.3, 0.4) is 0 Å². The molecule has 0 heterocycles. The molecule has 5 aromatic rings. The van der Waals surface area contributed by atoms with Gasteiger partial charge >= 0.3 is 0 Å². The van der Waals surface area contributed by atoms with Crippen LogP contribution in [0.25, 0.3) is 43.8 Å². The monoisotopic (exact) mass is 552 g/mol. The fraction of sp³-hybridized carbons (Fsp3) is 0.381. The quantitative estimate of drug-likeness (QED) is 0.151. The standard InChI is InChI=1S/C42H48/c1-5-17-31-32(18-6-2)34(20-8-4)38-28-40-39(27-37(38)33(31)19-7-3)41(29-21-11-9-12-22-29)35-25-15-16-26-36(35)42(40)30-23-13-10-14-24-30/h9-14,21-24,27-28H,5-8,15-20,25-26H2,1-4H3. The summed E-state index contributed by atoms with van der Waals surface area (Å²) in [4.78, 5) is 0. The van der Waals surface area contributed by atoms with Crippen LogP contribution in [0.15, 0.2) is 72.8 Å². The minimum Gasteiger partial charge on any atom is -0.0651 e. The zero-order valence-electron chi connectivity index (χ0n) is 26.4. The second kappa shape index (κ2) is 12.9. The van der Waals surface area contributed by atoms with Crippen LogP contribution in [0.5, 0.6) is 0 Å². The fourth-order valence-corrected chi connectivity index (χ4v) is 8.03. The second-order valence-electron chi connectivity index (χ2n) is 12.5. The van der Waals surface area contributed by atoms with Crippen LogP contribution in [0.1, 0.15) is 99.6 Å². The average Bonchev–Trinajstić information content (AvgIpc) is 3.03. The number of fused-ring (bicyclic) bond motifs is 3. The molecule has 0 atom stereocenters. The first-order valence-electron chi connectivity index (χ1n) is 16.9. The molecule has 5 aromatic carbocycles. The second-order valence-corrected chi connectivity index (χ2v) is 12.5. The van der Waals surface area contributed by atoms with E-state index in [1.807, 2.05) is 0 Å². The third kappa shape index (κ3) is 5.08. The first-order valence-corrected chi connectivity index (χ1v) is 16.9. The number of aryl methyl sites for hydroxylation is 2. The van der Waals surface area contributed by atoms with Gasteiger partial charge in [0.15, 0.2) is 0 Å². The summed E-state index contributed by atoms with van der Waals surface area (Å²) in [7, 11) is 0. The van der Waals surface area contributed by atoms with Gasteiger partial charge in [-0.1, -0.05) is 114 Å². The van der Waals surface area contributed by atoms with Crippen LogP contribution in [0, 0.1) is 0 Å². The van der Waals surface area contributed by atoms with Crippen molar-refractivity contribution in [3.05, 3.63) is 106 Å². The van der Waals surface area contributed by atoms with Gasteiger partial charge in [-0.05, 0) is 141 Å². The van der Waals surface area contributed by atoms with E-state index in [2.05, 4.69) is 100 Å². The summed E-state index contributed by atoms with van der Waals surface area (Å²) in [6.45, 7) is 9.45. The lowest BCUT2D eigenvalue weighted by Crippen LogP contribution is -2.10. The van der Waals surface area contributed by atoms with Crippen molar-refractivity contribution in [2.45, 2.75) is 105 Å². The van der Waals surface area contributed by atoms with Gasteiger partial charge in [-0.15, -0.1) is 0 Å². The Kier molecular flexibility index (Phi) is 8.80. The Morgan fingerprint density at radius 2 is 0.786 bits per heavy atom. The Bertz CT molecular complexity index is 1560. The minimum atomic E-state index is 1.16. The van der Waals surface area contributed by atoms with Crippen LogP contribution in [-0.2, 0) is 38.5 Å². The lowest BCUT2D eigenvalue weighted by Gasteiger charge is -2.28. The number of benzene rings is 5. The third-order valence-electron chi connectivity index (χ3n) is 9.64. The topological polar surface area (TPSA) is 0 Å². The van der Waals surface area contributed by atoms with Crippen molar-refractivity contribution >= 4 is 21.5 Å². The average molecular weight is 553 g/mol. The van der Waals surface area contributed by atoms with Gasteiger partial charge in [0.25, 0.3) is 0 Å². The molecule has 216 valence electrons. The van der Waals surface area contributed by atoms with Gasteiger partial charge in [-0.3, -0.25) is 0 Å². The molecule has 1 aliphatic rings. The van der Waals surface area contributed by atoms with Crippen molar-refractivity contribution in [2.24, 2.45) is 0 Å². The minimum absolute atomic E-state index is 1.16. The van der Waals surface area contributed by atoms with Crippen molar-refractivity contribution < 1.29 is 0 Å². The van der Waals surface area contributed by atoms with E-state index < -0.39 is 0 Å². The summed E-state index contributed by atoms with van der Waals surface area (Å²) in [5.41, 5.74) is 15.6. The van der Waals surface area contributed by atoms with Crippen molar-refractivity contribution in [1.82, 2.24) is 0 Å². The first kappa shape index (κ1) is 28.7. The molecular formula is C42H48. The molecular weight excluding hydrogens is 504 g/mol. The molecule has 0 radical (unpaired) electrons. The summed E-state index contributed by atoms with van der Waals surface area (Å²) in [5, 5.41) is 5.98. The van der Waals surface area contributed by atoms with E-state index in [1.165, 1.54) is 108 Å². The van der Waals surface area contributed by atoms with Crippen LogP contribution in [-0.4, -0.2) is 0 Å². The summed E-state index contributed by atoms with van der Waals surface area (Å²) >= 11 is 0. The van der Waals surface area contributed by atoms with Crippen LogP contribution in [0.4, 0.5) is 0 Å². The van der Waals surface area contributed by atoms with E-state index in [4.69, 9.17) is 0 Å². The van der Waals surface area contributed by atoms with Gasteiger partial charge in [0.2, 0.25) is 0 Å². The van der Waals surface area contributed by atoms with E-state index >= 15 is 0 Å². The lowest BCUT2D eigenvalue weighted by molar-refractivity contribution is 0.689. The van der Waals surface area contributed by atoms with Crippen LogP contribution >= 0.6 is 0 Å². The Labute approximate surface area is 254 Å². The van der Waals surface area contributed by atoms with Crippen molar-refractivity contribution in [3.63, 3.8) is 0 Å². The van der Waals surface area contributed by atoms with E-state index in [9.17, 15) is 0 Å². The number of hydrogen-bond acceptors (Lipinski definition) is 0. The maximum Gasteiger partial charge on any atom is -0.00699 e. The largest absolute Gasteiger partial charge is 0.0651 e. The van der Waals surface area contributed by atoms with Crippen molar-refractivity contribution in [1.29, 1.82) is 0 Å². The van der Waals surface area contributed by atoms with Gasteiger partial charge in [-0.2, -0.15) is 0 Å². The SMILES string of the molecule is CCCc1c(CCC)c(CCC)c2cc3c(-c4ccccc4)c4c(c(-c5ccccc5)c3cc2c1CCC)CCCC4. The molecule has 0 aliphatic heterocycles. The van der Waals surface area contributed by atoms with Crippen LogP contribution < -0.4 is 0 Å². The molecule has 0 N–H and O–H groups in total. The fourth-order valence-electron chi connectivity index (χ4n) is 8.03. The molecule has 0 heteroatoms. The van der Waals surface area contributed by atoms with E-state index in [1.54, 1.807) is 33.4 Å². The predicted octanol–water partition coefficient (Wildman–Crippen LogP) is 12.0. The highest BCUT2D eigenvalue weighted by Crippen LogP contribution is 2.47. The van der Waals surface area contributed by atoms with Gasteiger partial charge in [0, 0.05) is 0 Å². The molecule has 0 spiro atoms. The van der Waals surface area contributed by atoms with Gasteiger partial charge in [0.1, 0.15) is 0 Å². The zero-order chi connectivity index (χ0) is 29.1. The third-order valence-corrected chi connectivity index (χ3v) is 9.64. The molecule has 0 saturated carbocycles. The summed E-state index contributed by atoms with van der Waals surface area (Å²) in [5.74, 6) is 0. The molecule has 42 heavy (non-hydrogen) atoms. The van der Waals surface area contributed by atoms with Gasteiger partial charge in [-0.25, -0.2) is 0 Å². The van der Waals surface area contributed by atoms with Gasteiger partial charge < -0.3 is 0 Å². The highest BCUT2D eigenvalue weighted by Gasteiger charge is 2.26. The predicted molar refractivity (Wildman–Crippen MR) is 185 cm³/mol. The molecule has 0 fully saturated rings. The van der Waals surface area contributed by atoms with Crippen molar-refractivity contribution in [2.75, 3.05) is 0 Å². The highest BCUT2D eigenvalue weighted by atomic mass is 14.3. The maximum absolute atomic E-state index is 2.66. The number of rotatable bonds is 10. The molecule has 0 aromatic heterocycles. The van der Waals surface area contributed by atoms with Crippen molar-refractivity contribution in [3.8, 4) is 22.3 Å². The Morgan fingerprint density at radius 1 is 0.429 bits per heavy atom. The maximum atomic E-state index is 2.66. The normalized spacial score (nSPS) is 13.1. The molecule has 6 rings (SSSR count).